The molecule has 1 N–H and O–H groups in total. The molecule has 1 rings (SSSR count). The maximum atomic E-state index is 11.7. The normalized spacial score (nSPS) is 10.0. The SMILES string of the molecule is CN(CCC(=O)O)C(=O)c1sccc1Cl. The van der Waals surface area contributed by atoms with E-state index in [4.69, 9.17) is 16.7 Å². The Bertz CT molecular complexity index is 377. The Morgan fingerprint density at radius 1 is 1.60 bits per heavy atom. The first kappa shape index (κ1) is 12.0. The molecule has 0 aliphatic carbocycles. The van der Waals surface area contributed by atoms with E-state index >= 15 is 0 Å². The predicted octanol–water partition coefficient (Wildman–Crippen LogP) is 1.95. The van der Waals surface area contributed by atoms with Crippen molar-refractivity contribution < 1.29 is 14.7 Å². The van der Waals surface area contributed by atoms with Gasteiger partial charge in [-0.05, 0) is 11.4 Å². The summed E-state index contributed by atoms with van der Waals surface area (Å²) in [6.45, 7) is 0.183. The van der Waals surface area contributed by atoms with Gasteiger partial charge in [-0.2, -0.15) is 0 Å². The molecule has 0 bridgehead atoms. The molecule has 0 aromatic carbocycles. The maximum Gasteiger partial charge on any atom is 0.305 e. The quantitative estimate of drug-likeness (QED) is 0.885. The summed E-state index contributed by atoms with van der Waals surface area (Å²) in [7, 11) is 1.56. The van der Waals surface area contributed by atoms with Gasteiger partial charge in [0, 0.05) is 13.6 Å². The number of carbonyl (C=O) groups is 2. The Hall–Kier alpha value is -1.07. The molecule has 15 heavy (non-hydrogen) atoms. The molecule has 0 saturated carbocycles. The summed E-state index contributed by atoms with van der Waals surface area (Å²) in [4.78, 5) is 23.8. The Morgan fingerprint density at radius 3 is 2.73 bits per heavy atom. The lowest BCUT2D eigenvalue weighted by atomic mass is 10.3. The van der Waals surface area contributed by atoms with Gasteiger partial charge in [0.2, 0.25) is 0 Å². The van der Waals surface area contributed by atoms with Crippen LogP contribution in [0.5, 0.6) is 0 Å². The van der Waals surface area contributed by atoms with E-state index in [2.05, 4.69) is 0 Å². The number of halogens is 1. The number of aliphatic carboxylic acids is 1. The zero-order chi connectivity index (χ0) is 11.4. The van der Waals surface area contributed by atoms with Crippen molar-refractivity contribution in [2.75, 3.05) is 13.6 Å². The third kappa shape index (κ3) is 3.21. The van der Waals surface area contributed by atoms with Crippen LogP contribution in [0, 0.1) is 0 Å². The van der Waals surface area contributed by atoms with E-state index in [1.54, 1.807) is 18.5 Å². The molecular weight excluding hydrogens is 238 g/mol. The van der Waals surface area contributed by atoms with Crippen molar-refractivity contribution in [1.82, 2.24) is 4.90 Å². The molecule has 0 spiro atoms. The summed E-state index contributed by atoms with van der Waals surface area (Å²) in [5.41, 5.74) is 0. The van der Waals surface area contributed by atoms with E-state index in [0.717, 1.165) is 0 Å². The number of hydrogen-bond acceptors (Lipinski definition) is 3. The molecule has 0 atom stereocenters. The third-order valence-electron chi connectivity index (χ3n) is 1.82. The van der Waals surface area contributed by atoms with E-state index in [9.17, 15) is 9.59 Å². The van der Waals surface area contributed by atoms with Crippen LogP contribution in [-0.2, 0) is 4.79 Å². The zero-order valence-electron chi connectivity index (χ0n) is 8.07. The van der Waals surface area contributed by atoms with Gasteiger partial charge in [0.25, 0.3) is 5.91 Å². The molecule has 1 aromatic rings. The molecule has 0 saturated heterocycles. The number of carbonyl (C=O) groups excluding carboxylic acids is 1. The van der Waals surface area contributed by atoms with Crippen molar-refractivity contribution in [2.24, 2.45) is 0 Å². The van der Waals surface area contributed by atoms with Gasteiger partial charge in [0.15, 0.2) is 0 Å². The Labute approximate surface area is 96.1 Å². The number of thiophene rings is 1. The summed E-state index contributed by atoms with van der Waals surface area (Å²) in [5, 5.41) is 10.6. The number of rotatable bonds is 4. The highest BCUT2D eigenvalue weighted by Crippen LogP contribution is 2.23. The lowest BCUT2D eigenvalue weighted by Gasteiger charge is -2.14. The average molecular weight is 248 g/mol. The number of nitrogens with zero attached hydrogens (tertiary/aromatic N) is 1. The summed E-state index contributed by atoms with van der Waals surface area (Å²) in [6.07, 6.45) is -0.0643. The van der Waals surface area contributed by atoms with Crippen molar-refractivity contribution in [3.8, 4) is 0 Å². The molecule has 0 radical (unpaired) electrons. The lowest BCUT2D eigenvalue weighted by Crippen LogP contribution is -2.28. The third-order valence-corrected chi connectivity index (χ3v) is 3.15. The number of hydrogen-bond donors (Lipinski definition) is 1. The van der Waals surface area contributed by atoms with Gasteiger partial charge < -0.3 is 10.0 Å². The van der Waals surface area contributed by atoms with Crippen LogP contribution < -0.4 is 0 Å². The first-order chi connectivity index (χ1) is 7.02. The molecule has 1 aromatic heterocycles. The highest BCUT2D eigenvalue weighted by atomic mass is 35.5. The van der Waals surface area contributed by atoms with E-state index in [1.807, 2.05) is 0 Å². The second-order valence-electron chi connectivity index (χ2n) is 2.97. The standard InChI is InChI=1S/C9H10ClNO3S/c1-11(4-2-7(12)13)9(14)8-6(10)3-5-15-8/h3,5H,2,4H2,1H3,(H,12,13). The van der Waals surface area contributed by atoms with Crippen LogP contribution in [0.2, 0.25) is 5.02 Å². The molecule has 6 heteroatoms. The molecule has 1 amide bonds. The van der Waals surface area contributed by atoms with Gasteiger partial charge in [0.05, 0.1) is 11.4 Å². The Balaban J connectivity index is 2.61. The van der Waals surface area contributed by atoms with E-state index in [-0.39, 0.29) is 18.9 Å². The molecule has 82 valence electrons. The van der Waals surface area contributed by atoms with Crippen LogP contribution >= 0.6 is 22.9 Å². The van der Waals surface area contributed by atoms with E-state index < -0.39 is 5.97 Å². The van der Waals surface area contributed by atoms with Crippen molar-refractivity contribution in [2.45, 2.75) is 6.42 Å². The highest BCUT2D eigenvalue weighted by molar-refractivity contribution is 7.12. The molecule has 0 unspecified atom stereocenters. The summed E-state index contributed by atoms with van der Waals surface area (Å²) in [6, 6.07) is 1.64. The zero-order valence-corrected chi connectivity index (χ0v) is 9.64. The molecule has 4 nitrogen and oxygen atoms in total. The summed E-state index contributed by atoms with van der Waals surface area (Å²) < 4.78 is 0. The minimum atomic E-state index is -0.924. The van der Waals surface area contributed by atoms with Crippen molar-refractivity contribution in [1.29, 1.82) is 0 Å². The first-order valence-electron chi connectivity index (χ1n) is 4.22. The Morgan fingerprint density at radius 2 is 2.27 bits per heavy atom. The maximum absolute atomic E-state index is 11.7. The fourth-order valence-corrected chi connectivity index (χ4v) is 2.11. The van der Waals surface area contributed by atoms with E-state index in [1.165, 1.54) is 16.2 Å². The number of carboxylic acid groups (broad SMARTS) is 1. The molecule has 0 aliphatic rings. The van der Waals surface area contributed by atoms with Gasteiger partial charge in [-0.3, -0.25) is 9.59 Å². The van der Waals surface area contributed by atoms with Gasteiger partial charge in [-0.25, -0.2) is 0 Å². The molecule has 0 fully saturated rings. The molecule has 1 heterocycles. The van der Waals surface area contributed by atoms with Crippen molar-refractivity contribution >= 4 is 34.8 Å². The minimum Gasteiger partial charge on any atom is -0.481 e. The van der Waals surface area contributed by atoms with Crippen molar-refractivity contribution in [3.05, 3.63) is 21.3 Å². The van der Waals surface area contributed by atoms with Gasteiger partial charge >= 0.3 is 5.97 Å². The second kappa shape index (κ2) is 5.14. The van der Waals surface area contributed by atoms with Gasteiger partial charge in [-0.1, -0.05) is 11.6 Å². The van der Waals surface area contributed by atoms with Gasteiger partial charge in [0.1, 0.15) is 4.88 Å². The lowest BCUT2D eigenvalue weighted by molar-refractivity contribution is -0.137. The highest BCUT2D eigenvalue weighted by Gasteiger charge is 2.16. The topological polar surface area (TPSA) is 57.6 Å². The molecular formula is C9H10ClNO3S. The minimum absolute atomic E-state index is 0.0643. The largest absolute Gasteiger partial charge is 0.481 e. The van der Waals surface area contributed by atoms with Crippen molar-refractivity contribution in [3.63, 3.8) is 0 Å². The van der Waals surface area contributed by atoms with Crippen LogP contribution in [0.3, 0.4) is 0 Å². The fraction of sp³-hybridized carbons (Fsp3) is 0.333. The average Bonchev–Trinajstić information content (AvgIpc) is 2.59. The van der Waals surface area contributed by atoms with Crippen LogP contribution in [0.1, 0.15) is 16.1 Å². The van der Waals surface area contributed by atoms with Crippen LogP contribution in [0.4, 0.5) is 0 Å². The van der Waals surface area contributed by atoms with Crippen LogP contribution in [-0.4, -0.2) is 35.5 Å². The fourth-order valence-electron chi connectivity index (χ4n) is 0.985. The van der Waals surface area contributed by atoms with Crippen LogP contribution in [0.15, 0.2) is 11.4 Å². The number of amides is 1. The predicted molar refractivity (Wildman–Crippen MR) is 58.5 cm³/mol. The summed E-state index contributed by atoms with van der Waals surface area (Å²) in [5.74, 6) is -1.16. The smallest absolute Gasteiger partial charge is 0.305 e. The molecule has 0 aliphatic heterocycles. The first-order valence-corrected chi connectivity index (χ1v) is 5.48. The summed E-state index contributed by atoms with van der Waals surface area (Å²) >= 11 is 7.04. The number of carboxylic acids is 1. The van der Waals surface area contributed by atoms with E-state index in [0.29, 0.717) is 9.90 Å². The second-order valence-corrected chi connectivity index (χ2v) is 4.29. The van der Waals surface area contributed by atoms with Crippen LogP contribution in [0.25, 0.3) is 0 Å². The monoisotopic (exact) mass is 247 g/mol. The van der Waals surface area contributed by atoms with Gasteiger partial charge in [-0.15, -0.1) is 11.3 Å². The Kier molecular flexibility index (Phi) is 4.11.